The van der Waals surface area contributed by atoms with Crippen molar-refractivity contribution in [2.75, 3.05) is 18.0 Å². The normalized spacial score (nSPS) is 23.1. The fourth-order valence-corrected chi connectivity index (χ4v) is 3.12. The highest BCUT2D eigenvalue weighted by molar-refractivity contribution is 5.49. The van der Waals surface area contributed by atoms with Gasteiger partial charge in [-0.2, -0.15) is 0 Å². The molecule has 4 heteroatoms. The van der Waals surface area contributed by atoms with Crippen LogP contribution in [0.1, 0.15) is 34.1 Å². The van der Waals surface area contributed by atoms with Crippen LogP contribution < -0.4 is 10.2 Å². The van der Waals surface area contributed by atoms with Crippen LogP contribution in [0.5, 0.6) is 0 Å². The number of hydrogen-bond donors (Lipinski definition) is 1. The van der Waals surface area contributed by atoms with Crippen LogP contribution in [0.3, 0.4) is 0 Å². The second-order valence-corrected chi connectivity index (χ2v) is 6.80. The van der Waals surface area contributed by atoms with Crippen LogP contribution in [0, 0.1) is 23.5 Å². The molecule has 0 amide bonds. The van der Waals surface area contributed by atoms with Crippen molar-refractivity contribution < 1.29 is 8.78 Å². The molecule has 0 bridgehead atoms. The van der Waals surface area contributed by atoms with Gasteiger partial charge in [-0.15, -0.1) is 0 Å². The first-order chi connectivity index (χ1) is 9.88. The second kappa shape index (κ2) is 6.73. The molecule has 2 nitrogen and oxygen atoms in total. The molecule has 0 aromatic heterocycles. The Labute approximate surface area is 126 Å². The summed E-state index contributed by atoms with van der Waals surface area (Å²) < 4.78 is 26.7. The molecule has 118 valence electrons. The fourth-order valence-electron chi connectivity index (χ4n) is 3.12. The van der Waals surface area contributed by atoms with E-state index in [4.69, 9.17) is 0 Å². The molecule has 1 aliphatic rings. The quantitative estimate of drug-likeness (QED) is 0.909. The minimum absolute atomic E-state index is 0.304. The molecule has 1 fully saturated rings. The Morgan fingerprint density at radius 3 is 2.48 bits per heavy atom. The molecule has 2 unspecified atom stereocenters. The minimum atomic E-state index is -0.784. The predicted octanol–water partition coefficient (Wildman–Crippen LogP) is 3.81. The van der Waals surface area contributed by atoms with Crippen LogP contribution in [0.2, 0.25) is 0 Å². The molecule has 21 heavy (non-hydrogen) atoms. The van der Waals surface area contributed by atoms with E-state index in [9.17, 15) is 8.78 Å². The summed E-state index contributed by atoms with van der Waals surface area (Å²) in [5, 5.41) is 3.60. The third-order valence-electron chi connectivity index (χ3n) is 4.19. The van der Waals surface area contributed by atoms with Crippen molar-refractivity contribution in [1.29, 1.82) is 0 Å². The van der Waals surface area contributed by atoms with Crippen LogP contribution in [0.4, 0.5) is 14.5 Å². The molecule has 0 aliphatic carbocycles. The lowest BCUT2D eigenvalue weighted by Crippen LogP contribution is -2.58. The van der Waals surface area contributed by atoms with Crippen molar-refractivity contribution in [2.45, 2.75) is 46.2 Å². The number of anilines is 1. The van der Waals surface area contributed by atoms with Crippen molar-refractivity contribution >= 4 is 5.69 Å². The first kappa shape index (κ1) is 16.2. The smallest absolute Gasteiger partial charge is 0.160 e. The Morgan fingerprint density at radius 1 is 1.19 bits per heavy atom. The number of benzene rings is 1. The first-order valence-corrected chi connectivity index (χ1v) is 7.83. The summed E-state index contributed by atoms with van der Waals surface area (Å²) in [4.78, 5) is 2.23. The van der Waals surface area contributed by atoms with Crippen molar-refractivity contribution in [3.05, 3.63) is 29.8 Å². The third-order valence-corrected chi connectivity index (χ3v) is 4.19. The van der Waals surface area contributed by atoms with E-state index in [1.165, 1.54) is 12.1 Å². The summed E-state index contributed by atoms with van der Waals surface area (Å²) in [5.41, 5.74) is 0.780. The van der Waals surface area contributed by atoms with E-state index in [1.54, 1.807) is 6.07 Å². The molecule has 2 atom stereocenters. The van der Waals surface area contributed by atoms with Gasteiger partial charge in [0.25, 0.3) is 0 Å². The fraction of sp³-hybridized carbons (Fsp3) is 0.647. The van der Waals surface area contributed by atoms with E-state index >= 15 is 0 Å². The number of piperazine rings is 1. The topological polar surface area (TPSA) is 15.3 Å². The molecule has 2 rings (SSSR count). The zero-order valence-electron chi connectivity index (χ0n) is 13.4. The van der Waals surface area contributed by atoms with E-state index in [1.807, 2.05) is 0 Å². The highest BCUT2D eigenvalue weighted by atomic mass is 19.2. The monoisotopic (exact) mass is 296 g/mol. The number of hydrogen-bond acceptors (Lipinski definition) is 2. The van der Waals surface area contributed by atoms with Crippen LogP contribution in [-0.2, 0) is 0 Å². The summed E-state index contributed by atoms with van der Waals surface area (Å²) in [6.45, 7) is 10.5. The minimum Gasteiger partial charge on any atom is -0.365 e. The SMILES string of the molecule is CC(C)CC1CN(c2ccc(F)c(F)c2)C(C(C)C)CN1. The maximum absolute atomic E-state index is 13.6. The van der Waals surface area contributed by atoms with Gasteiger partial charge in [0.15, 0.2) is 11.6 Å². The van der Waals surface area contributed by atoms with Gasteiger partial charge in [0.2, 0.25) is 0 Å². The average molecular weight is 296 g/mol. The Morgan fingerprint density at radius 2 is 1.90 bits per heavy atom. The van der Waals surface area contributed by atoms with Crippen LogP contribution >= 0.6 is 0 Å². The van der Waals surface area contributed by atoms with Gasteiger partial charge in [0, 0.05) is 36.9 Å². The molecular formula is C17H26F2N2. The lowest BCUT2D eigenvalue weighted by Gasteiger charge is -2.44. The molecular weight excluding hydrogens is 270 g/mol. The molecule has 1 aromatic carbocycles. The Kier molecular flexibility index (Phi) is 5.20. The van der Waals surface area contributed by atoms with Gasteiger partial charge in [0.05, 0.1) is 0 Å². The van der Waals surface area contributed by atoms with Gasteiger partial charge in [-0.05, 0) is 30.4 Å². The van der Waals surface area contributed by atoms with Crippen LogP contribution in [-0.4, -0.2) is 25.2 Å². The first-order valence-electron chi connectivity index (χ1n) is 7.83. The Hall–Kier alpha value is -1.16. The molecule has 1 aliphatic heterocycles. The predicted molar refractivity (Wildman–Crippen MR) is 83.6 cm³/mol. The van der Waals surface area contributed by atoms with Crippen molar-refractivity contribution in [3.8, 4) is 0 Å². The zero-order valence-corrected chi connectivity index (χ0v) is 13.4. The molecule has 0 spiro atoms. The largest absolute Gasteiger partial charge is 0.365 e. The van der Waals surface area contributed by atoms with E-state index in [2.05, 4.69) is 37.9 Å². The molecule has 0 radical (unpaired) electrons. The van der Waals surface area contributed by atoms with E-state index in [0.29, 0.717) is 23.9 Å². The standard InChI is InChI=1S/C17H26F2N2/c1-11(2)7-13-10-21(17(9-20-13)12(3)4)14-5-6-15(18)16(19)8-14/h5-6,8,11-13,17,20H,7,9-10H2,1-4H3. The highest BCUT2D eigenvalue weighted by Crippen LogP contribution is 2.26. The lowest BCUT2D eigenvalue weighted by molar-refractivity contribution is 0.310. The van der Waals surface area contributed by atoms with Gasteiger partial charge in [-0.3, -0.25) is 0 Å². The third kappa shape index (κ3) is 3.94. The summed E-state index contributed by atoms with van der Waals surface area (Å²) in [7, 11) is 0. The number of rotatable bonds is 4. The maximum Gasteiger partial charge on any atom is 0.160 e. The Balaban J connectivity index is 2.22. The Bertz CT molecular complexity index is 474. The van der Waals surface area contributed by atoms with Gasteiger partial charge >= 0.3 is 0 Å². The summed E-state index contributed by atoms with van der Waals surface area (Å²) >= 11 is 0. The van der Waals surface area contributed by atoms with E-state index in [-0.39, 0.29) is 0 Å². The summed E-state index contributed by atoms with van der Waals surface area (Å²) in [6, 6.07) is 4.93. The zero-order chi connectivity index (χ0) is 15.6. The lowest BCUT2D eigenvalue weighted by atomic mass is 9.94. The van der Waals surface area contributed by atoms with Gasteiger partial charge in [0.1, 0.15) is 0 Å². The number of nitrogens with zero attached hydrogens (tertiary/aromatic N) is 1. The second-order valence-electron chi connectivity index (χ2n) is 6.80. The van der Waals surface area contributed by atoms with E-state index < -0.39 is 11.6 Å². The van der Waals surface area contributed by atoms with Gasteiger partial charge in [-0.25, -0.2) is 8.78 Å². The van der Waals surface area contributed by atoms with Gasteiger partial charge in [-0.1, -0.05) is 27.7 Å². The number of halogens is 2. The molecule has 1 N–H and O–H groups in total. The summed E-state index contributed by atoms with van der Waals surface area (Å²) in [6.07, 6.45) is 1.09. The molecule has 0 saturated carbocycles. The van der Waals surface area contributed by atoms with Crippen molar-refractivity contribution in [3.63, 3.8) is 0 Å². The maximum atomic E-state index is 13.6. The molecule has 1 aromatic rings. The van der Waals surface area contributed by atoms with Crippen LogP contribution in [0.15, 0.2) is 18.2 Å². The molecule has 1 saturated heterocycles. The van der Waals surface area contributed by atoms with E-state index in [0.717, 1.165) is 25.2 Å². The average Bonchev–Trinajstić information content (AvgIpc) is 2.41. The van der Waals surface area contributed by atoms with Crippen molar-refractivity contribution in [2.24, 2.45) is 11.8 Å². The molecule has 1 heterocycles. The van der Waals surface area contributed by atoms with Gasteiger partial charge < -0.3 is 10.2 Å². The van der Waals surface area contributed by atoms with Crippen LogP contribution in [0.25, 0.3) is 0 Å². The van der Waals surface area contributed by atoms with Crippen molar-refractivity contribution in [1.82, 2.24) is 5.32 Å². The number of nitrogens with one attached hydrogen (secondary N) is 1. The summed E-state index contributed by atoms with van der Waals surface area (Å²) in [5.74, 6) is -0.488. The highest BCUT2D eigenvalue weighted by Gasteiger charge is 2.30.